The second-order valence-corrected chi connectivity index (χ2v) is 8.46. The first-order valence-electron chi connectivity index (χ1n) is 10.8. The van der Waals surface area contributed by atoms with Crippen molar-refractivity contribution in [1.82, 2.24) is 4.90 Å². The van der Waals surface area contributed by atoms with E-state index in [1.165, 1.54) is 6.07 Å². The molecule has 1 aromatic heterocycles. The summed E-state index contributed by atoms with van der Waals surface area (Å²) in [4.78, 5) is 7.67. The summed E-state index contributed by atoms with van der Waals surface area (Å²) in [7, 11) is 0. The second-order valence-electron chi connectivity index (χ2n) is 8.02. The van der Waals surface area contributed by atoms with Gasteiger partial charge < -0.3 is 19.1 Å². The number of ether oxygens (including phenoxy) is 1. The number of nitrogens with zero attached hydrogens (tertiary/aromatic N) is 2. The SMILES string of the molecule is O[C@H](COCc1ccco1)CN(Cc1cccc(Cl)c1)C[C@H]1CC(c2ccccc2F)=NO1. The molecule has 1 aliphatic rings. The summed E-state index contributed by atoms with van der Waals surface area (Å²) in [5.74, 6) is 0.385. The summed E-state index contributed by atoms with van der Waals surface area (Å²) in [6.45, 7) is 1.88. The Kier molecular flexibility index (Phi) is 8.12. The fraction of sp³-hybridized carbons (Fsp3) is 0.320. The van der Waals surface area contributed by atoms with E-state index in [0.717, 1.165) is 5.56 Å². The Labute approximate surface area is 197 Å². The van der Waals surface area contributed by atoms with E-state index in [0.29, 0.717) is 54.7 Å². The minimum Gasteiger partial charge on any atom is -0.467 e. The average molecular weight is 473 g/mol. The molecule has 0 spiro atoms. The van der Waals surface area contributed by atoms with E-state index < -0.39 is 6.10 Å². The molecule has 2 heterocycles. The van der Waals surface area contributed by atoms with E-state index in [1.54, 1.807) is 30.5 Å². The Morgan fingerprint density at radius 2 is 2.06 bits per heavy atom. The number of benzene rings is 2. The fourth-order valence-corrected chi connectivity index (χ4v) is 4.02. The average Bonchev–Trinajstić information content (AvgIpc) is 3.46. The van der Waals surface area contributed by atoms with Crippen LogP contribution in [0.2, 0.25) is 5.02 Å². The van der Waals surface area contributed by atoms with Gasteiger partial charge in [0.2, 0.25) is 0 Å². The molecule has 2 aromatic carbocycles. The molecule has 2 atom stereocenters. The predicted molar refractivity (Wildman–Crippen MR) is 124 cm³/mol. The van der Waals surface area contributed by atoms with Crippen LogP contribution in [0.1, 0.15) is 23.3 Å². The highest BCUT2D eigenvalue weighted by Crippen LogP contribution is 2.21. The number of rotatable bonds is 11. The summed E-state index contributed by atoms with van der Waals surface area (Å²) in [5, 5.41) is 15.3. The van der Waals surface area contributed by atoms with Gasteiger partial charge in [0.15, 0.2) is 0 Å². The number of aliphatic hydroxyl groups is 1. The van der Waals surface area contributed by atoms with Crippen LogP contribution in [0.5, 0.6) is 0 Å². The second kappa shape index (κ2) is 11.4. The normalized spacial score (nSPS) is 16.6. The van der Waals surface area contributed by atoms with Gasteiger partial charge in [-0.05, 0) is 35.9 Å². The summed E-state index contributed by atoms with van der Waals surface area (Å²) in [6, 6.07) is 17.7. The molecule has 6 nitrogen and oxygen atoms in total. The zero-order valence-electron chi connectivity index (χ0n) is 18.1. The molecular weight excluding hydrogens is 447 g/mol. The van der Waals surface area contributed by atoms with E-state index in [-0.39, 0.29) is 18.5 Å². The van der Waals surface area contributed by atoms with Gasteiger partial charge in [0.25, 0.3) is 0 Å². The number of halogens is 2. The van der Waals surface area contributed by atoms with Crippen LogP contribution in [-0.4, -0.2) is 47.6 Å². The van der Waals surface area contributed by atoms with Crippen molar-refractivity contribution in [1.29, 1.82) is 0 Å². The van der Waals surface area contributed by atoms with Crippen molar-refractivity contribution in [3.63, 3.8) is 0 Å². The molecule has 0 aliphatic carbocycles. The first-order chi connectivity index (χ1) is 16.1. The molecule has 33 heavy (non-hydrogen) atoms. The summed E-state index contributed by atoms with van der Waals surface area (Å²) >= 11 is 6.15. The van der Waals surface area contributed by atoms with Crippen molar-refractivity contribution in [2.75, 3.05) is 19.7 Å². The van der Waals surface area contributed by atoms with E-state index in [9.17, 15) is 9.50 Å². The molecule has 0 unspecified atom stereocenters. The van der Waals surface area contributed by atoms with Crippen molar-refractivity contribution in [3.8, 4) is 0 Å². The fourth-order valence-electron chi connectivity index (χ4n) is 3.81. The summed E-state index contributed by atoms with van der Waals surface area (Å²) in [5.41, 5.74) is 2.05. The Morgan fingerprint density at radius 1 is 1.18 bits per heavy atom. The largest absolute Gasteiger partial charge is 0.467 e. The standard InChI is InChI=1S/C25H26ClFN2O4/c26-19-6-3-5-18(11-19)13-29(14-20(30)16-31-17-21-7-4-10-32-21)15-22-12-25(28-33-22)23-8-1-2-9-24(23)27/h1-11,20,22,30H,12-17H2/t20-,22+/m0/s1. The van der Waals surface area contributed by atoms with Crippen LogP contribution in [-0.2, 0) is 22.7 Å². The smallest absolute Gasteiger partial charge is 0.145 e. The number of hydrogen-bond acceptors (Lipinski definition) is 6. The lowest BCUT2D eigenvalue weighted by Gasteiger charge is -2.27. The van der Waals surface area contributed by atoms with Crippen LogP contribution >= 0.6 is 11.6 Å². The molecule has 0 bridgehead atoms. The maximum Gasteiger partial charge on any atom is 0.145 e. The lowest BCUT2D eigenvalue weighted by Crippen LogP contribution is -2.39. The van der Waals surface area contributed by atoms with Crippen molar-refractivity contribution in [3.05, 3.63) is 94.7 Å². The zero-order chi connectivity index (χ0) is 23.0. The first-order valence-corrected chi connectivity index (χ1v) is 11.2. The van der Waals surface area contributed by atoms with Gasteiger partial charge >= 0.3 is 0 Å². The monoisotopic (exact) mass is 472 g/mol. The molecule has 8 heteroatoms. The molecule has 0 fully saturated rings. The predicted octanol–water partition coefficient (Wildman–Crippen LogP) is 4.65. The molecule has 0 radical (unpaired) electrons. The van der Waals surface area contributed by atoms with Crippen molar-refractivity contribution in [2.24, 2.45) is 5.16 Å². The molecular formula is C25H26ClFN2O4. The van der Waals surface area contributed by atoms with Crippen LogP contribution in [0.25, 0.3) is 0 Å². The van der Waals surface area contributed by atoms with Crippen LogP contribution in [0.3, 0.4) is 0 Å². The first kappa shape index (κ1) is 23.4. The lowest BCUT2D eigenvalue weighted by molar-refractivity contribution is -0.00955. The van der Waals surface area contributed by atoms with Gasteiger partial charge in [-0.2, -0.15) is 0 Å². The van der Waals surface area contributed by atoms with Crippen molar-refractivity contribution >= 4 is 17.3 Å². The Morgan fingerprint density at radius 3 is 2.85 bits per heavy atom. The van der Waals surface area contributed by atoms with Gasteiger partial charge in [0.1, 0.15) is 24.3 Å². The molecule has 0 amide bonds. The third kappa shape index (κ3) is 6.88. The van der Waals surface area contributed by atoms with Crippen LogP contribution in [0.4, 0.5) is 4.39 Å². The van der Waals surface area contributed by atoms with E-state index >= 15 is 0 Å². The Hall–Kier alpha value is -2.71. The van der Waals surface area contributed by atoms with E-state index in [4.69, 9.17) is 25.6 Å². The molecule has 4 rings (SSSR count). The van der Waals surface area contributed by atoms with Crippen molar-refractivity contribution in [2.45, 2.75) is 31.8 Å². The quantitative estimate of drug-likeness (QED) is 0.440. The zero-order valence-corrected chi connectivity index (χ0v) is 18.8. The molecule has 1 aliphatic heterocycles. The van der Waals surface area contributed by atoms with E-state index in [1.807, 2.05) is 30.3 Å². The van der Waals surface area contributed by atoms with Crippen molar-refractivity contribution < 1.29 is 23.5 Å². The Bertz CT molecular complexity index is 1060. The highest BCUT2D eigenvalue weighted by Gasteiger charge is 2.27. The number of oxime groups is 1. The lowest BCUT2D eigenvalue weighted by atomic mass is 10.0. The van der Waals surface area contributed by atoms with Crippen LogP contribution in [0.15, 0.2) is 76.5 Å². The number of hydrogen-bond donors (Lipinski definition) is 1. The van der Waals surface area contributed by atoms with Crippen LogP contribution in [0, 0.1) is 5.82 Å². The number of aliphatic hydroxyl groups excluding tert-OH is 1. The minimum atomic E-state index is -0.715. The molecule has 0 saturated heterocycles. The highest BCUT2D eigenvalue weighted by atomic mass is 35.5. The molecule has 1 N–H and O–H groups in total. The Balaban J connectivity index is 1.36. The molecule has 3 aromatic rings. The van der Waals surface area contributed by atoms with Gasteiger partial charge in [-0.3, -0.25) is 4.90 Å². The van der Waals surface area contributed by atoms with Gasteiger partial charge in [0, 0.05) is 36.6 Å². The third-order valence-electron chi connectivity index (χ3n) is 5.28. The molecule has 0 saturated carbocycles. The maximum atomic E-state index is 14.1. The van der Waals surface area contributed by atoms with Gasteiger partial charge in [-0.25, -0.2) is 4.39 Å². The maximum absolute atomic E-state index is 14.1. The van der Waals surface area contributed by atoms with E-state index in [2.05, 4.69) is 10.1 Å². The highest BCUT2D eigenvalue weighted by molar-refractivity contribution is 6.30. The molecule has 174 valence electrons. The van der Waals surface area contributed by atoms with Gasteiger partial charge in [-0.15, -0.1) is 0 Å². The summed E-state index contributed by atoms with van der Waals surface area (Å²) in [6.07, 6.45) is 1.10. The number of furan rings is 1. The minimum absolute atomic E-state index is 0.162. The topological polar surface area (TPSA) is 67.4 Å². The summed E-state index contributed by atoms with van der Waals surface area (Å²) < 4.78 is 25.0. The van der Waals surface area contributed by atoms with Gasteiger partial charge in [-0.1, -0.05) is 47.1 Å². The third-order valence-corrected chi connectivity index (χ3v) is 5.51. The van der Waals surface area contributed by atoms with Gasteiger partial charge in [0.05, 0.1) is 24.7 Å². The van der Waals surface area contributed by atoms with Crippen LogP contribution < -0.4 is 0 Å².